The first-order valence-corrected chi connectivity index (χ1v) is 8.95. The van der Waals surface area contributed by atoms with Crippen LogP contribution in [0.1, 0.15) is 5.56 Å². The van der Waals surface area contributed by atoms with Crippen LogP contribution in [0.5, 0.6) is 0 Å². The van der Waals surface area contributed by atoms with Crippen molar-refractivity contribution in [2.75, 3.05) is 4.72 Å². The fourth-order valence-electron chi connectivity index (χ4n) is 2.30. The van der Waals surface area contributed by atoms with Crippen LogP contribution in [-0.4, -0.2) is 23.7 Å². The Bertz CT molecular complexity index is 1130. The summed E-state index contributed by atoms with van der Waals surface area (Å²) < 4.78 is 33.3. The summed E-state index contributed by atoms with van der Waals surface area (Å²) in [5, 5.41) is 7.62. The smallest absolute Gasteiger partial charge is 0.255 e. The van der Waals surface area contributed by atoms with E-state index in [0.29, 0.717) is 10.6 Å². The zero-order valence-electron chi connectivity index (χ0n) is 11.8. The predicted octanol–water partition coefficient (Wildman–Crippen LogP) is 2.94. The Morgan fingerprint density at radius 3 is 2.74 bits per heavy atom. The number of anilines is 1. The number of benzene rings is 2. The monoisotopic (exact) mass is 346 g/mol. The standard InChI is InChI=1S/C14H10N4O3S2/c1-8-4-2-6-10-12(8)15-14(22-10)18-23(19,20)11-7-3-5-9-13(11)17-21-16-9/h2-7H,1H3,(H,15,18). The first-order chi connectivity index (χ1) is 11.0. The van der Waals surface area contributed by atoms with E-state index < -0.39 is 10.0 Å². The SMILES string of the molecule is Cc1cccc2sc(NS(=O)(=O)c3cccc4nonc34)nc12. The first-order valence-electron chi connectivity index (χ1n) is 6.65. The fourth-order valence-corrected chi connectivity index (χ4v) is 4.63. The van der Waals surface area contributed by atoms with E-state index in [9.17, 15) is 8.42 Å². The molecule has 0 radical (unpaired) electrons. The van der Waals surface area contributed by atoms with Crippen molar-refractivity contribution >= 4 is 47.7 Å². The van der Waals surface area contributed by atoms with Crippen molar-refractivity contribution in [3.63, 3.8) is 0 Å². The van der Waals surface area contributed by atoms with Crippen molar-refractivity contribution in [2.45, 2.75) is 11.8 Å². The third-order valence-corrected chi connectivity index (χ3v) is 5.82. The van der Waals surface area contributed by atoms with E-state index in [1.807, 2.05) is 25.1 Å². The van der Waals surface area contributed by atoms with Gasteiger partial charge in [-0.3, -0.25) is 4.72 Å². The summed E-state index contributed by atoms with van der Waals surface area (Å²) in [4.78, 5) is 4.37. The lowest BCUT2D eigenvalue weighted by atomic mass is 10.2. The molecule has 0 spiro atoms. The van der Waals surface area contributed by atoms with Crippen LogP contribution in [0.4, 0.5) is 5.13 Å². The molecule has 0 fully saturated rings. The molecule has 2 aromatic heterocycles. The minimum atomic E-state index is -3.83. The molecule has 7 nitrogen and oxygen atoms in total. The number of nitrogens with zero attached hydrogens (tertiary/aromatic N) is 3. The van der Waals surface area contributed by atoms with E-state index in [2.05, 4.69) is 24.6 Å². The summed E-state index contributed by atoms with van der Waals surface area (Å²) in [6.07, 6.45) is 0. The van der Waals surface area contributed by atoms with E-state index in [-0.39, 0.29) is 10.4 Å². The summed E-state index contributed by atoms with van der Waals surface area (Å²) in [7, 11) is -3.83. The molecule has 0 saturated carbocycles. The second-order valence-electron chi connectivity index (χ2n) is 4.93. The Balaban J connectivity index is 1.79. The van der Waals surface area contributed by atoms with Gasteiger partial charge in [0.1, 0.15) is 10.4 Å². The number of aromatic nitrogens is 3. The van der Waals surface area contributed by atoms with Crippen molar-refractivity contribution in [1.82, 2.24) is 15.3 Å². The third kappa shape index (κ3) is 2.34. The molecule has 4 aromatic rings. The maximum Gasteiger partial charge on any atom is 0.266 e. The van der Waals surface area contributed by atoms with Gasteiger partial charge in [-0.05, 0) is 41.0 Å². The highest BCUT2D eigenvalue weighted by Gasteiger charge is 2.22. The summed E-state index contributed by atoms with van der Waals surface area (Å²) in [6.45, 7) is 1.93. The van der Waals surface area contributed by atoms with Gasteiger partial charge in [0.05, 0.1) is 10.2 Å². The zero-order chi connectivity index (χ0) is 16.0. The molecule has 0 saturated heterocycles. The van der Waals surface area contributed by atoms with Crippen LogP contribution in [0.2, 0.25) is 0 Å². The van der Waals surface area contributed by atoms with E-state index in [1.54, 1.807) is 12.1 Å². The van der Waals surface area contributed by atoms with Crippen molar-refractivity contribution in [1.29, 1.82) is 0 Å². The largest absolute Gasteiger partial charge is 0.266 e. The van der Waals surface area contributed by atoms with Crippen LogP contribution in [0.25, 0.3) is 21.3 Å². The van der Waals surface area contributed by atoms with E-state index in [0.717, 1.165) is 15.8 Å². The first kappa shape index (κ1) is 14.1. The van der Waals surface area contributed by atoms with Crippen molar-refractivity contribution in [2.24, 2.45) is 0 Å². The van der Waals surface area contributed by atoms with Crippen LogP contribution >= 0.6 is 11.3 Å². The maximum atomic E-state index is 12.6. The normalized spacial score (nSPS) is 12.0. The molecule has 0 atom stereocenters. The quantitative estimate of drug-likeness (QED) is 0.612. The number of nitrogens with one attached hydrogen (secondary N) is 1. The second-order valence-corrected chi connectivity index (χ2v) is 7.62. The van der Waals surface area contributed by atoms with Gasteiger partial charge in [0.2, 0.25) is 0 Å². The third-order valence-electron chi connectivity index (χ3n) is 3.38. The minimum absolute atomic E-state index is 0.00669. The summed E-state index contributed by atoms with van der Waals surface area (Å²) in [6, 6.07) is 10.4. The van der Waals surface area contributed by atoms with Gasteiger partial charge in [-0.1, -0.05) is 29.5 Å². The fraction of sp³-hybridized carbons (Fsp3) is 0.0714. The van der Waals surface area contributed by atoms with Crippen molar-refractivity contribution < 1.29 is 13.0 Å². The van der Waals surface area contributed by atoms with Gasteiger partial charge in [-0.2, -0.15) is 0 Å². The van der Waals surface area contributed by atoms with Crippen LogP contribution in [-0.2, 0) is 10.0 Å². The number of fused-ring (bicyclic) bond motifs is 2. The summed E-state index contributed by atoms with van der Waals surface area (Å²) in [5.41, 5.74) is 2.36. The van der Waals surface area contributed by atoms with E-state index >= 15 is 0 Å². The van der Waals surface area contributed by atoms with Gasteiger partial charge in [0.25, 0.3) is 10.0 Å². The molecular weight excluding hydrogens is 336 g/mol. The van der Waals surface area contributed by atoms with Gasteiger partial charge >= 0.3 is 0 Å². The molecule has 23 heavy (non-hydrogen) atoms. The van der Waals surface area contributed by atoms with E-state index in [4.69, 9.17) is 0 Å². The molecular formula is C14H10N4O3S2. The zero-order valence-corrected chi connectivity index (χ0v) is 13.5. The number of rotatable bonds is 3. The van der Waals surface area contributed by atoms with Crippen molar-refractivity contribution in [3.8, 4) is 0 Å². The van der Waals surface area contributed by atoms with Gasteiger partial charge in [-0.25, -0.2) is 18.0 Å². The lowest BCUT2D eigenvalue weighted by molar-refractivity contribution is 0.315. The molecule has 0 aliphatic heterocycles. The lowest BCUT2D eigenvalue weighted by Crippen LogP contribution is -2.13. The second kappa shape index (κ2) is 5.00. The number of para-hydroxylation sites is 1. The number of thiazole rings is 1. The average molecular weight is 346 g/mol. The van der Waals surface area contributed by atoms with Gasteiger partial charge in [-0.15, -0.1) is 0 Å². The lowest BCUT2D eigenvalue weighted by Gasteiger charge is -2.04. The Morgan fingerprint density at radius 1 is 1.09 bits per heavy atom. The molecule has 1 N–H and O–H groups in total. The highest BCUT2D eigenvalue weighted by molar-refractivity contribution is 7.93. The van der Waals surface area contributed by atoms with Crippen LogP contribution in [0.3, 0.4) is 0 Å². The molecule has 2 heterocycles. The summed E-state index contributed by atoms with van der Waals surface area (Å²) in [5.74, 6) is 0. The molecule has 0 bridgehead atoms. The maximum absolute atomic E-state index is 12.6. The van der Waals surface area contributed by atoms with Crippen LogP contribution in [0, 0.1) is 6.92 Å². The summed E-state index contributed by atoms with van der Waals surface area (Å²) >= 11 is 1.28. The molecule has 0 unspecified atom stereocenters. The highest BCUT2D eigenvalue weighted by atomic mass is 32.2. The Labute approximate surface area is 135 Å². The molecule has 9 heteroatoms. The molecule has 0 aliphatic carbocycles. The highest BCUT2D eigenvalue weighted by Crippen LogP contribution is 2.30. The Morgan fingerprint density at radius 2 is 1.91 bits per heavy atom. The number of hydrogen-bond acceptors (Lipinski definition) is 7. The van der Waals surface area contributed by atoms with Crippen LogP contribution in [0.15, 0.2) is 45.9 Å². The molecule has 2 aromatic carbocycles. The average Bonchev–Trinajstić information content (AvgIpc) is 3.12. The molecule has 0 aliphatic rings. The van der Waals surface area contributed by atoms with Crippen LogP contribution < -0.4 is 4.72 Å². The van der Waals surface area contributed by atoms with Crippen molar-refractivity contribution in [3.05, 3.63) is 42.0 Å². The molecule has 4 rings (SSSR count). The Kier molecular flexibility index (Phi) is 3.06. The molecule has 0 amide bonds. The number of aryl methyl sites for hydroxylation is 1. The number of sulfonamides is 1. The van der Waals surface area contributed by atoms with Gasteiger partial charge in [0.15, 0.2) is 10.6 Å². The predicted molar refractivity (Wildman–Crippen MR) is 87.0 cm³/mol. The van der Waals surface area contributed by atoms with Gasteiger partial charge < -0.3 is 0 Å². The topological polar surface area (TPSA) is 98.0 Å². The molecule has 116 valence electrons. The van der Waals surface area contributed by atoms with Gasteiger partial charge in [0, 0.05) is 0 Å². The van der Waals surface area contributed by atoms with E-state index in [1.165, 1.54) is 17.4 Å². The number of hydrogen-bond donors (Lipinski definition) is 1. The minimum Gasteiger partial charge on any atom is -0.255 e. The Hall–Kier alpha value is -2.52.